The molecule has 0 saturated heterocycles. The zero-order valence-electron chi connectivity index (χ0n) is 16.8. The van der Waals surface area contributed by atoms with Gasteiger partial charge in [0.2, 0.25) is 0 Å². The summed E-state index contributed by atoms with van der Waals surface area (Å²) in [5, 5.41) is 0. The van der Waals surface area contributed by atoms with Crippen LogP contribution in [0.4, 0.5) is 0 Å². The Morgan fingerprint density at radius 1 is 1.07 bits per heavy atom. The fourth-order valence-electron chi connectivity index (χ4n) is 3.15. The number of hydrogen-bond acceptors (Lipinski definition) is 3. The molecule has 0 fully saturated rings. The number of benzene rings is 3. The largest absolute Gasteiger partial charge is 0.457 e. The van der Waals surface area contributed by atoms with E-state index in [2.05, 4.69) is 36.9 Å². The second kappa shape index (κ2) is 8.40. The molecule has 0 atom stereocenters. The number of hydrogen-bond donors (Lipinski definition) is 0. The molecule has 0 aliphatic heterocycles. The van der Waals surface area contributed by atoms with Crippen molar-refractivity contribution in [3.8, 4) is 23.8 Å². The van der Waals surface area contributed by atoms with Crippen molar-refractivity contribution in [3.05, 3.63) is 88.2 Å². The van der Waals surface area contributed by atoms with Gasteiger partial charge in [-0.2, -0.15) is 4.99 Å². The van der Waals surface area contributed by atoms with Crippen LogP contribution in [-0.2, 0) is 6.54 Å². The number of fused-ring (bicyclic) bond motifs is 1. The first kappa shape index (κ1) is 19.7. The van der Waals surface area contributed by atoms with Gasteiger partial charge >= 0.3 is 0 Å². The predicted molar refractivity (Wildman–Crippen MR) is 121 cm³/mol. The molecule has 0 aliphatic rings. The highest BCUT2D eigenvalue weighted by molar-refractivity contribution is 7.16. The summed E-state index contributed by atoms with van der Waals surface area (Å²) < 4.78 is 8.88. The van der Waals surface area contributed by atoms with Crippen LogP contribution in [0.25, 0.3) is 10.2 Å². The zero-order valence-corrected chi connectivity index (χ0v) is 17.6. The van der Waals surface area contributed by atoms with Gasteiger partial charge in [-0.1, -0.05) is 47.6 Å². The third kappa shape index (κ3) is 3.91. The first-order valence-electron chi connectivity index (χ1n) is 9.52. The minimum absolute atomic E-state index is 0.344. The molecule has 0 saturated carbocycles. The van der Waals surface area contributed by atoms with Crippen LogP contribution < -0.4 is 9.54 Å². The van der Waals surface area contributed by atoms with Crippen molar-refractivity contribution < 1.29 is 9.53 Å². The Morgan fingerprint density at radius 2 is 1.77 bits per heavy atom. The lowest BCUT2D eigenvalue weighted by molar-refractivity contribution is 0.0995. The Bertz CT molecular complexity index is 1340. The zero-order chi connectivity index (χ0) is 21.1. The van der Waals surface area contributed by atoms with Crippen LogP contribution in [0.2, 0.25) is 0 Å². The van der Waals surface area contributed by atoms with E-state index in [1.807, 2.05) is 41.0 Å². The maximum atomic E-state index is 13.1. The number of aromatic nitrogens is 1. The number of carbonyl (C=O) groups is 1. The smallest absolute Gasteiger partial charge is 0.283 e. The van der Waals surface area contributed by atoms with Crippen molar-refractivity contribution in [2.24, 2.45) is 4.99 Å². The molecule has 0 bridgehead atoms. The molecular formula is C25H20N2O2S. The lowest BCUT2D eigenvalue weighted by Crippen LogP contribution is -2.16. The summed E-state index contributed by atoms with van der Waals surface area (Å²) in [4.78, 5) is 18.1. The van der Waals surface area contributed by atoms with E-state index in [-0.39, 0.29) is 5.91 Å². The fraction of sp³-hybridized carbons (Fsp3) is 0.120. The van der Waals surface area contributed by atoms with Crippen LogP contribution in [0.3, 0.4) is 0 Å². The van der Waals surface area contributed by atoms with E-state index in [4.69, 9.17) is 11.2 Å². The van der Waals surface area contributed by atoms with E-state index in [9.17, 15) is 4.79 Å². The standard InChI is InChI=1S/C25H20N2O2S/c1-4-14-27-21-15-17(2)18(3)16-23(21)30-25(27)26-24(28)20-12-8-9-13-22(20)29-19-10-6-5-7-11-19/h1,5-13,15-16H,14H2,2-3H3. The Labute approximate surface area is 179 Å². The third-order valence-corrected chi connectivity index (χ3v) is 5.87. The first-order chi connectivity index (χ1) is 14.6. The summed E-state index contributed by atoms with van der Waals surface area (Å²) in [5.41, 5.74) is 3.75. The van der Waals surface area contributed by atoms with Gasteiger partial charge in [0.05, 0.1) is 22.3 Å². The summed E-state index contributed by atoms with van der Waals surface area (Å²) in [6.45, 7) is 4.47. The summed E-state index contributed by atoms with van der Waals surface area (Å²) >= 11 is 1.46. The van der Waals surface area contributed by atoms with Crippen molar-refractivity contribution in [2.45, 2.75) is 20.4 Å². The number of terminal acetylenes is 1. The number of nitrogens with zero attached hydrogens (tertiary/aromatic N) is 2. The molecule has 1 amide bonds. The quantitative estimate of drug-likeness (QED) is 0.416. The van der Waals surface area contributed by atoms with Crippen molar-refractivity contribution in [2.75, 3.05) is 0 Å². The molecule has 0 radical (unpaired) electrons. The van der Waals surface area contributed by atoms with E-state index in [0.29, 0.717) is 28.4 Å². The SMILES string of the molecule is C#CCn1c(=NC(=O)c2ccccc2Oc2ccccc2)sc2cc(C)c(C)cc21. The monoisotopic (exact) mass is 412 g/mol. The molecule has 4 nitrogen and oxygen atoms in total. The number of rotatable bonds is 4. The molecule has 1 aromatic heterocycles. The topological polar surface area (TPSA) is 43.6 Å². The fourth-order valence-corrected chi connectivity index (χ4v) is 4.25. The molecule has 3 aromatic carbocycles. The van der Waals surface area contributed by atoms with Crippen molar-refractivity contribution in [1.29, 1.82) is 0 Å². The molecule has 4 rings (SSSR count). The van der Waals surface area contributed by atoms with E-state index in [0.717, 1.165) is 10.2 Å². The van der Waals surface area contributed by atoms with Crippen molar-refractivity contribution in [1.82, 2.24) is 4.57 Å². The van der Waals surface area contributed by atoms with Gasteiger partial charge in [0.15, 0.2) is 4.80 Å². The summed E-state index contributed by atoms with van der Waals surface area (Å²) in [6, 6.07) is 20.7. The maximum Gasteiger partial charge on any atom is 0.283 e. The van der Waals surface area contributed by atoms with Gasteiger partial charge in [0.1, 0.15) is 11.5 Å². The number of aryl methyl sites for hydroxylation is 2. The Morgan fingerprint density at radius 3 is 2.53 bits per heavy atom. The van der Waals surface area contributed by atoms with Crippen LogP contribution in [0, 0.1) is 26.2 Å². The molecule has 0 N–H and O–H groups in total. The molecule has 148 valence electrons. The number of thiazole rings is 1. The van der Waals surface area contributed by atoms with Crippen LogP contribution in [0.1, 0.15) is 21.5 Å². The Balaban J connectivity index is 1.79. The highest BCUT2D eigenvalue weighted by Gasteiger charge is 2.14. The lowest BCUT2D eigenvalue weighted by atomic mass is 10.1. The minimum atomic E-state index is -0.368. The molecule has 0 spiro atoms. The Hall–Kier alpha value is -3.62. The van der Waals surface area contributed by atoms with Gasteiger partial charge in [-0.3, -0.25) is 4.79 Å². The summed E-state index contributed by atoms with van der Waals surface area (Å²) in [6.07, 6.45) is 5.59. The first-order valence-corrected chi connectivity index (χ1v) is 10.3. The number of carbonyl (C=O) groups excluding carboxylic acids is 1. The van der Waals surface area contributed by atoms with Gasteiger partial charge < -0.3 is 9.30 Å². The van der Waals surface area contributed by atoms with E-state index >= 15 is 0 Å². The molecule has 5 heteroatoms. The van der Waals surface area contributed by atoms with Crippen LogP contribution in [0.15, 0.2) is 71.7 Å². The van der Waals surface area contributed by atoms with E-state index < -0.39 is 0 Å². The van der Waals surface area contributed by atoms with Crippen molar-refractivity contribution >= 4 is 27.5 Å². The number of para-hydroxylation sites is 2. The number of ether oxygens (including phenoxy) is 1. The molecule has 30 heavy (non-hydrogen) atoms. The second-order valence-corrected chi connectivity index (χ2v) is 7.92. The van der Waals surface area contributed by atoms with Gasteiger partial charge in [0.25, 0.3) is 5.91 Å². The van der Waals surface area contributed by atoms with Gasteiger partial charge in [0, 0.05) is 0 Å². The van der Waals surface area contributed by atoms with Gasteiger partial charge in [-0.05, 0) is 61.4 Å². The molecule has 1 heterocycles. The highest BCUT2D eigenvalue weighted by atomic mass is 32.1. The average Bonchev–Trinajstić information content (AvgIpc) is 3.06. The van der Waals surface area contributed by atoms with E-state index in [1.165, 1.54) is 22.5 Å². The highest BCUT2D eigenvalue weighted by Crippen LogP contribution is 2.26. The molecule has 0 aliphatic carbocycles. The van der Waals surface area contributed by atoms with Crippen LogP contribution in [-0.4, -0.2) is 10.5 Å². The lowest BCUT2D eigenvalue weighted by Gasteiger charge is -2.08. The molecular weight excluding hydrogens is 392 g/mol. The van der Waals surface area contributed by atoms with Gasteiger partial charge in [-0.15, -0.1) is 6.42 Å². The maximum absolute atomic E-state index is 13.1. The summed E-state index contributed by atoms with van der Waals surface area (Å²) in [5.74, 6) is 3.43. The number of amides is 1. The van der Waals surface area contributed by atoms with E-state index in [1.54, 1.807) is 18.2 Å². The van der Waals surface area contributed by atoms with Gasteiger partial charge in [-0.25, -0.2) is 0 Å². The second-order valence-electron chi connectivity index (χ2n) is 6.91. The molecule has 4 aromatic rings. The Kier molecular flexibility index (Phi) is 5.51. The van der Waals surface area contributed by atoms with Crippen LogP contribution in [0.5, 0.6) is 11.5 Å². The van der Waals surface area contributed by atoms with Crippen LogP contribution >= 0.6 is 11.3 Å². The molecule has 0 unspecified atom stereocenters. The minimum Gasteiger partial charge on any atom is -0.457 e. The predicted octanol–water partition coefficient (Wildman–Crippen LogP) is 5.49. The summed E-state index contributed by atoms with van der Waals surface area (Å²) in [7, 11) is 0. The third-order valence-electron chi connectivity index (χ3n) is 4.83. The normalized spacial score (nSPS) is 11.4. The average molecular weight is 413 g/mol. The van der Waals surface area contributed by atoms with Crippen molar-refractivity contribution in [3.63, 3.8) is 0 Å².